The summed E-state index contributed by atoms with van der Waals surface area (Å²) in [5, 5.41) is 13.1. The Morgan fingerprint density at radius 3 is 2.64 bits per heavy atom. The molecule has 2 aromatic heterocycles. The van der Waals surface area contributed by atoms with Crippen LogP contribution in [-0.4, -0.2) is 16.3 Å². The van der Waals surface area contributed by atoms with Crippen LogP contribution in [0.2, 0.25) is 0 Å². The van der Waals surface area contributed by atoms with E-state index in [4.69, 9.17) is 0 Å². The summed E-state index contributed by atoms with van der Waals surface area (Å²) in [5.41, 5.74) is 3.28. The van der Waals surface area contributed by atoms with Gasteiger partial charge in [-0.2, -0.15) is 0 Å². The summed E-state index contributed by atoms with van der Waals surface area (Å²) in [5.74, 6) is -1.23. The second-order valence-corrected chi connectivity index (χ2v) is 6.00. The molecule has 0 fully saturated rings. The van der Waals surface area contributed by atoms with E-state index < -0.39 is 5.97 Å². The zero-order chi connectivity index (χ0) is 15.1. The second-order valence-electron chi connectivity index (χ2n) is 5.09. The van der Waals surface area contributed by atoms with Gasteiger partial charge < -0.3 is 14.5 Å². The maximum atomic E-state index is 12.7. The molecule has 4 nitrogen and oxygen atoms in total. The Kier molecular flexibility index (Phi) is 5.12. The molecule has 0 N–H and O–H groups in total. The number of thiophene rings is 1. The first kappa shape index (κ1) is 17.2. The zero-order valence-electron chi connectivity index (χ0n) is 12.8. The van der Waals surface area contributed by atoms with Crippen molar-refractivity contribution in [3.63, 3.8) is 0 Å². The van der Waals surface area contributed by atoms with Gasteiger partial charge in [0.1, 0.15) is 0 Å². The monoisotopic (exact) mass is 323 g/mol. The number of carboxylic acid groups (broad SMARTS) is 1. The molecule has 0 unspecified atom stereocenters. The molecule has 1 aliphatic heterocycles. The number of nitrogens with zero attached hydrogens (tertiary/aromatic N) is 1. The Bertz CT molecular complexity index is 785. The Hall–Kier alpha value is -1.14. The zero-order valence-corrected chi connectivity index (χ0v) is 15.6. The maximum absolute atomic E-state index is 12.7. The van der Waals surface area contributed by atoms with Gasteiger partial charge in [-0.3, -0.25) is 4.79 Å². The number of carboxylic acids is 1. The van der Waals surface area contributed by atoms with Crippen molar-refractivity contribution in [2.75, 3.05) is 0 Å². The van der Waals surface area contributed by atoms with Crippen LogP contribution >= 0.6 is 11.3 Å². The number of rotatable bonds is 4. The van der Waals surface area contributed by atoms with E-state index in [-0.39, 0.29) is 40.9 Å². The van der Waals surface area contributed by atoms with Crippen LogP contribution in [0.25, 0.3) is 5.57 Å². The number of fused-ring (bicyclic) bond motifs is 1. The number of carbonyl (C=O) groups is 2. The van der Waals surface area contributed by atoms with Crippen LogP contribution in [0.5, 0.6) is 0 Å². The van der Waals surface area contributed by atoms with E-state index in [0.29, 0.717) is 29.2 Å². The summed E-state index contributed by atoms with van der Waals surface area (Å²) in [6.45, 7) is 4.32. The molecule has 0 aliphatic carbocycles. The third-order valence-electron chi connectivity index (χ3n) is 3.70. The molecule has 2 aromatic rings. The van der Waals surface area contributed by atoms with E-state index in [9.17, 15) is 14.7 Å². The van der Waals surface area contributed by atoms with Crippen molar-refractivity contribution in [1.29, 1.82) is 0 Å². The average molecular weight is 323 g/mol. The fourth-order valence-electron chi connectivity index (χ4n) is 2.70. The molecule has 0 saturated heterocycles. The number of aromatic nitrogens is 1. The average Bonchev–Trinajstić information content (AvgIpc) is 3.10. The van der Waals surface area contributed by atoms with Crippen LogP contribution in [0.3, 0.4) is 0 Å². The third-order valence-corrected chi connectivity index (χ3v) is 4.75. The molecule has 1 aliphatic rings. The Morgan fingerprint density at radius 1 is 1.36 bits per heavy atom. The smallest absolute Gasteiger partial charge is 0.545 e. The molecule has 3 heterocycles. The van der Waals surface area contributed by atoms with Crippen LogP contribution in [0.15, 0.2) is 23.6 Å². The van der Waals surface area contributed by atoms with Gasteiger partial charge in [-0.15, -0.1) is 11.3 Å². The van der Waals surface area contributed by atoms with Gasteiger partial charge in [0.2, 0.25) is 5.78 Å². The second kappa shape index (κ2) is 6.54. The first-order valence-corrected chi connectivity index (χ1v) is 7.65. The van der Waals surface area contributed by atoms with Crippen LogP contribution in [0.1, 0.15) is 39.1 Å². The van der Waals surface area contributed by atoms with Gasteiger partial charge in [0.25, 0.3) is 0 Å². The summed E-state index contributed by atoms with van der Waals surface area (Å²) in [7, 11) is 0. The number of carbonyl (C=O) groups excluding carboxylic acids is 2. The predicted octanol–water partition coefficient (Wildman–Crippen LogP) is -1.20. The molecule has 0 radical (unpaired) electrons. The molecule has 22 heavy (non-hydrogen) atoms. The minimum Gasteiger partial charge on any atom is -0.545 e. The van der Waals surface area contributed by atoms with Crippen molar-refractivity contribution in [2.24, 2.45) is 0 Å². The largest absolute Gasteiger partial charge is 1.00 e. The van der Waals surface area contributed by atoms with Crippen LogP contribution in [0, 0.1) is 6.92 Å². The fraction of sp³-hybridized carbons (Fsp3) is 0.250. The summed E-state index contributed by atoms with van der Waals surface area (Å²) in [6, 6.07) is 3.66. The molecule has 0 spiro atoms. The van der Waals surface area contributed by atoms with Crippen LogP contribution in [0.4, 0.5) is 0 Å². The van der Waals surface area contributed by atoms with E-state index in [1.165, 1.54) is 11.3 Å². The van der Waals surface area contributed by atoms with E-state index in [1.54, 1.807) is 16.7 Å². The molecule has 0 amide bonds. The van der Waals surface area contributed by atoms with Crippen molar-refractivity contribution < 1.29 is 44.3 Å². The minimum atomic E-state index is -1.19. The number of aryl methyl sites for hydroxylation is 2. The van der Waals surface area contributed by atoms with E-state index >= 15 is 0 Å². The molecule has 0 aromatic carbocycles. The Labute approximate surface area is 154 Å². The normalized spacial score (nSPS) is 12.5. The van der Waals surface area contributed by atoms with Gasteiger partial charge in [-0.1, -0.05) is 13.0 Å². The summed E-state index contributed by atoms with van der Waals surface area (Å²) >= 11 is 1.42. The van der Waals surface area contributed by atoms with Crippen LogP contribution in [-0.2, 0) is 17.8 Å². The first-order chi connectivity index (χ1) is 10.0. The quantitative estimate of drug-likeness (QED) is 0.525. The van der Waals surface area contributed by atoms with Gasteiger partial charge in [0.05, 0.1) is 22.2 Å². The minimum absolute atomic E-state index is 0. The summed E-state index contributed by atoms with van der Waals surface area (Å²) < 4.78 is 1.78. The molecular weight excluding hydrogens is 309 g/mol. The van der Waals surface area contributed by atoms with Crippen molar-refractivity contribution in [1.82, 2.24) is 4.57 Å². The number of hydrogen-bond acceptors (Lipinski definition) is 4. The van der Waals surface area contributed by atoms with E-state index in [0.717, 1.165) is 11.1 Å². The predicted molar refractivity (Wildman–Crippen MR) is 79.3 cm³/mol. The van der Waals surface area contributed by atoms with Gasteiger partial charge in [-0.05, 0) is 42.0 Å². The van der Waals surface area contributed by atoms with Gasteiger partial charge in [-0.25, -0.2) is 0 Å². The van der Waals surface area contributed by atoms with Crippen molar-refractivity contribution >= 4 is 28.7 Å². The van der Waals surface area contributed by atoms with Gasteiger partial charge in [0, 0.05) is 12.1 Å². The van der Waals surface area contributed by atoms with Gasteiger partial charge in [0.15, 0.2) is 0 Å². The molecule has 0 atom stereocenters. The SMILES string of the molecule is CCc1cc2n(c1C(=O)c1cc(C)cs1)CC=C2C(=O)[O-].[Na+]. The number of aliphatic carboxylic acids is 1. The summed E-state index contributed by atoms with van der Waals surface area (Å²) in [6.07, 6.45) is 2.28. The van der Waals surface area contributed by atoms with E-state index in [1.807, 2.05) is 25.3 Å². The number of allylic oxidation sites excluding steroid dienone is 1. The van der Waals surface area contributed by atoms with Crippen molar-refractivity contribution in [3.8, 4) is 0 Å². The third kappa shape index (κ3) is 2.74. The maximum Gasteiger partial charge on any atom is 1.00 e. The van der Waals surface area contributed by atoms with Crippen molar-refractivity contribution in [2.45, 2.75) is 26.8 Å². The molecule has 108 valence electrons. The van der Waals surface area contributed by atoms with E-state index in [2.05, 4.69) is 0 Å². The molecule has 0 bridgehead atoms. The summed E-state index contributed by atoms with van der Waals surface area (Å²) in [4.78, 5) is 24.6. The Balaban J connectivity index is 0.00000176. The van der Waals surface area contributed by atoms with Crippen molar-refractivity contribution in [3.05, 3.63) is 51.0 Å². The fourth-order valence-corrected chi connectivity index (χ4v) is 3.54. The standard InChI is InChI=1S/C16H15NO3S.Na/c1-3-10-7-12-11(16(19)20)4-5-17(12)14(10)15(18)13-6-9(2)8-21-13;/h4,6-8H,3,5H2,1-2H3,(H,19,20);/q;+1/p-1. The number of hydrogen-bond donors (Lipinski definition) is 0. The molecule has 6 heteroatoms. The molecular formula is C16H14NNaO3S. The van der Waals surface area contributed by atoms with Gasteiger partial charge >= 0.3 is 29.6 Å². The Morgan fingerprint density at radius 2 is 2.09 bits per heavy atom. The number of ketones is 1. The molecule has 3 rings (SSSR count). The first-order valence-electron chi connectivity index (χ1n) is 6.77. The van der Waals surface area contributed by atoms with Crippen LogP contribution < -0.4 is 34.7 Å². The molecule has 0 saturated carbocycles. The topological polar surface area (TPSA) is 62.1 Å².